The number of carbonyl (C=O) groups is 1. The summed E-state index contributed by atoms with van der Waals surface area (Å²) in [4.78, 5) is 12.8. The molecule has 1 aromatic rings. The van der Waals surface area contributed by atoms with Gasteiger partial charge in [0.2, 0.25) is 5.91 Å². The molecule has 2 rings (SSSR count). The van der Waals surface area contributed by atoms with E-state index in [9.17, 15) is 15.0 Å². The molecule has 1 aliphatic carbocycles. The Hall–Kier alpha value is -1.39. The van der Waals surface area contributed by atoms with Crippen LogP contribution in [0.2, 0.25) is 0 Å². The largest absolute Gasteiger partial charge is 0.394 e. The fourth-order valence-electron chi connectivity index (χ4n) is 3.90. The van der Waals surface area contributed by atoms with Crippen LogP contribution in [-0.2, 0) is 4.79 Å². The lowest BCUT2D eigenvalue weighted by atomic mass is 9.69. The maximum atomic E-state index is 12.8. The summed E-state index contributed by atoms with van der Waals surface area (Å²) in [6, 6.07) is 8.49. The second kappa shape index (κ2) is 8.63. The van der Waals surface area contributed by atoms with E-state index in [1.807, 2.05) is 18.2 Å². The predicted octanol–water partition coefficient (Wildman–Crippen LogP) is 2.91. The summed E-state index contributed by atoms with van der Waals surface area (Å²) in [5.74, 6) is 1.30. The molecule has 24 heavy (non-hydrogen) atoms. The Bertz CT molecular complexity index is 517. The molecule has 4 heteroatoms. The topological polar surface area (TPSA) is 69.6 Å². The number of aliphatic hydroxyl groups excluding tert-OH is 2. The molecule has 5 atom stereocenters. The molecule has 134 valence electrons. The highest BCUT2D eigenvalue weighted by atomic mass is 16.3. The Labute approximate surface area is 145 Å². The molecule has 3 N–H and O–H groups in total. The average Bonchev–Trinajstić information content (AvgIpc) is 2.59. The highest BCUT2D eigenvalue weighted by molar-refractivity contribution is 5.79. The Kier molecular flexibility index (Phi) is 6.81. The molecule has 1 aliphatic rings. The molecule has 1 saturated carbocycles. The number of aliphatic hydroxyl groups is 2. The first kappa shape index (κ1) is 18.9. The smallest absolute Gasteiger partial charge is 0.223 e. The fourth-order valence-corrected chi connectivity index (χ4v) is 3.90. The lowest BCUT2D eigenvalue weighted by molar-refractivity contribution is -0.131. The van der Waals surface area contributed by atoms with Gasteiger partial charge in [-0.3, -0.25) is 4.79 Å². The van der Waals surface area contributed by atoms with E-state index in [4.69, 9.17) is 0 Å². The van der Waals surface area contributed by atoms with Gasteiger partial charge in [0, 0.05) is 5.92 Å². The highest BCUT2D eigenvalue weighted by Crippen LogP contribution is 2.38. The van der Waals surface area contributed by atoms with E-state index < -0.39 is 12.1 Å². The number of rotatable bonds is 6. The summed E-state index contributed by atoms with van der Waals surface area (Å²) in [6.45, 7) is 6.25. The van der Waals surface area contributed by atoms with Crippen LogP contribution >= 0.6 is 0 Å². The minimum absolute atomic E-state index is 0.0331. The van der Waals surface area contributed by atoms with Crippen molar-refractivity contribution >= 4 is 5.91 Å². The summed E-state index contributed by atoms with van der Waals surface area (Å²) < 4.78 is 0. The SMILES string of the molecule is CC(C)[C@@H]1CC[C@@H](C)C[C@H]1C(=O)N[C@H](CO)[C@H](O)c1ccccc1. The highest BCUT2D eigenvalue weighted by Gasteiger charge is 2.36. The van der Waals surface area contributed by atoms with Crippen LogP contribution in [0.5, 0.6) is 0 Å². The van der Waals surface area contributed by atoms with Crippen molar-refractivity contribution in [2.45, 2.75) is 52.2 Å². The van der Waals surface area contributed by atoms with Gasteiger partial charge in [-0.2, -0.15) is 0 Å². The van der Waals surface area contributed by atoms with Crippen LogP contribution < -0.4 is 5.32 Å². The van der Waals surface area contributed by atoms with Crippen LogP contribution in [-0.4, -0.2) is 28.8 Å². The van der Waals surface area contributed by atoms with Gasteiger partial charge in [-0.15, -0.1) is 0 Å². The maximum absolute atomic E-state index is 12.8. The molecule has 4 nitrogen and oxygen atoms in total. The summed E-state index contributed by atoms with van der Waals surface area (Å²) >= 11 is 0. The first-order valence-electron chi connectivity index (χ1n) is 9.08. The number of hydrogen-bond acceptors (Lipinski definition) is 3. The maximum Gasteiger partial charge on any atom is 0.223 e. The minimum Gasteiger partial charge on any atom is -0.394 e. The van der Waals surface area contributed by atoms with Crippen molar-refractivity contribution in [3.05, 3.63) is 35.9 Å². The van der Waals surface area contributed by atoms with Gasteiger partial charge >= 0.3 is 0 Å². The first-order chi connectivity index (χ1) is 11.4. The molecule has 0 aromatic heterocycles. The van der Waals surface area contributed by atoms with Crippen molar-refractivity contribution in [3.63, 3.8) is 0 Å². The number of nitrogens with one attached hydrogen (secondary N) is 1. The molecule has 0 unspecified atom stereocenters. The molecular weight excluding hydrogens is 302 g/mol. The van der Waals surface area contributed by atoms with Crippen LogP contribution in [0.4, 0.5) is 0 Å². The van der Waals surface area contributed by atoms with Crippen molar-refractivity contribution in [1.82, 2.24) is 5.32 Å². The Morgan fingerprint density at radius 1 is 1.25 bits per heavy atom. The van der Waals surface area contributed by atoms with E-state index in [1.54, 1.807) is 12.1 Å². The monoisotopic (exact) mass is 333 g/mol. The van der Waals surface area contributed by atoms with Gasteiger partial charge < -0.3 is 15.5 Å². The molecule has 1 aromatic carbocycles. The second-order valence-electron chi connectivity index (χ2n) is 7.59. The third-order valence-electron chi connectivity index (χ3n) is 5.41. The molecule has 0 radical (unpaired) electrons. The zero-order valence-corrected chi connectivity index (χ0v) is 15.0. The Morgan fingerprint density at radius 3 is 2.50 bits per heavy atom. The Morgan fingerprint density at radius 2 is 1.92 bits per heavy atom. The molecule has 0 heterocycles. The van der Waals surface area contributed by atoms with Crippen LogP contribution in [0.1, 0.15) is 51.7 Å². The minimum atomic E-state index is -0.904. The normalized spacial score (nSPS) is 26.8. The molecule has 1 fully saturated rings. The first-order valence-corrected chi connectivity index (χ1v) is 9.08. The fraction of sp³-hybridized carbons (Fsp3) is 0.650. The second-order valence-corrected chi connectivity index (χ2v) is 7.59. The van der Waals surface area contributed by atoms with E-state index in [0.29, 0.717) is 23.3 Å². The third-order valence-corrected chi connectivity index (χ3v) is 5.41. The van der Waals surface area contributed by atoms with Crippen molar-refractivity contribution in [2.75, 3.05) is 6.61 Å². The number of carbonyl (C=O) groups excluding carboxylic acids is 1. The zero-order valence-electron chi connectivity index (χ0n) is 15.0. The Balaban J connectivity index is 2.07. The lowest BCUT2D eigenvalue weighted by Gasteiger charge is -2.37. The molecular formula is C20H31NO3. The standard InChI is InChI=1S/C20H31NO3/c1-13(2)16-10-9-14(3)11-17(16)20(24)21-18(12-22)19(23)15-7-5-4-6-8-15/h4-8,13-14,16-19,22-23H,9-12H2,1-3H3,(H,21,24)/t14-,16+,17-,18-,19-/m1/s1. The van der Waals surface area contributed by atoms with Gasteiger partial charge in [0.25, 0.3) is 0 Å². The molecule has 1 amide bonds. The third kappa shape index (κ3) is 4.58. The summed E-state index contributed by atoms with van der Waals surface area (Å²) in [6.07, 6.45) is 2.22. The van der Waals surface area contributed by atoms with Crippen LogP contribution in [0, 0.1) is 23.7 Å². The van der Waals surface area contributed by atoms with Gasteiger partial charge in [0.15, 0.2) is 0 Å². The zero-order chi connectivity index (χ0) is 17.7. The molecule has 0 saturated heterocycles. The predicted molar refractivity (Wildman–Crippen MR) is 95.3 cm³/mol. The van der Waals surface area contributed by atoms with Gasteiger partial charge in [-0.05, 0) is 36.2 Å². The molecule has 0 bridgehead atoms. The van der Waals surface area contributed by atoms with Crippen LogP contribution in [0.25, 0.3) is 0 Å². The summed E-state index contributed by atoms with van der Waals surface area (Å²) in [5, 5.41) is 23.0. The van der Waals surface area contributed by atoms with Crippen LogP contribution in [0.15, 0.2) is 30.3 Å². The van der Waals surface area contributed by atoms with E-state index in [-0.39, 0.29) is 18.4 Å². The molecule has 0 spiro atoms. The van der Waals surface area contributed by atoms with E-state index in [1.165, 1.54) is 6.42 Å². The number of benzene rings is 1. The van der Waals surface area contributed by atoms with Gasteiger partial charge in [0.05, 0.1) is 12.6 Å². The van der Waals surface area contributed by atoms with Crippen molar-refractivity contribution in [2.24, 2.45) is 23.7 Å². The van der Waals surface area contributed by atoms with Crippen molar-refractivity contribution in [1.29, 1.82) is 0 Å². The van der Waals surface area contributed by atoms with Gasteiger partial charge in [-0.1, -0.05) is 57.5 Å². The van der Waals surface area contributed by atoms with Crippen molar-refractivity contribution in [3.8, 4) is 0 Å². The lowest BCUT2D eigenvalue weighted by Crippen LogP contribution is -2.47. The summed E-state index contributed by atoms with van der Waals surface area (Å²) in [5.41, 5.74) is 0.703. The van der Waals surface area contributed by atoms with Crippen LogP contribution in [0.3, 0.4) is 0 Å². The van der Waals surface area contributed by atoms with E-state index in [0.717, 1.165) is 12.8 Å². The van der Waals surface area contributed by atoms with Crippen molar-refractivity contribution < 1.29 is 15.0 Å². The number of amides is 1. The van der Waals surface area contributed by atoms with Gasteiger partial charge in [0.1, 0.15) is 6.10 Å². The van der Waals surface area contributed by atoms with E-state index in [2.05, 4.69) is 26.1 Å². The number of hydrogen-bond donors (Lipinski definition) is 3. The molecule has 0 aliphatic heterocycles. The van der Waals surface area contributed by atoms with Gasteiger partial charge in [-0.25, -0.2) is 0 Å². The average molecular weight is 333 g/mol. The summed E-state index contributed by atoms with van der Waals surface area (Å²) in [7, 11) is 0. The quantitative estimate of drug-likeness (QED) is 0.750. The van der Waals surface area contributed by atoms with E-state index >= 15 is 0 Å².